The van der Waals surface area contributed by atoms with Gasteiger partial charge in [0.15, 0.2) is 0 Å². The lowest BCUT2D eigenvalue weighted by Gasteiger charge is -2.33. The normalized spacial score (nSPS) is 14.7. The number of hydrogen-bond donors (Lipinski definition) is 1. The highest BCUT2D eigenvalue weighted by molar-refractivity contribution is 7.92. The van der Waals surface area contributed by atoms with Crippen LogP contribution in [0.3, 0.4) is 0 Å². The van der Waals surface area contributed by atoms with Crippen LogP contribution in [0.25, 0.3) is 0 Å². The van der Waals surface area contributed by atoms with Crippen molar-refractivity contribution >= 4 is 62.3 Å². The number of benzene rings is 3. The lowest BCUT2D eigenvalue weighted by Crippen LogP contribution is -2.52. The van der Waals surface area contributed by atoms with Crippen molar-refractivity contribution in [3.63, 3.8) is 0 Å². The summed E-state index contributed by atoms with van der Waals surface area (Å²) in [4.78, 5) is 28.2. The summed E-state index contributed by atoms with van der Waals surface area (Å²) in [5.74, 6) is -1.34. The molecule has 3 aromatic rings. The Kier molecular flexibility index (Phi) is 10.8. The van der Waals surface area contributed by atoms with Crippen LogP contribution in [0.15, 0.2) is 71.6 Å². The van der Waals surface area contributed by atoms with Crippen molar-refractivity contribution in [3.05, 3.63) is 92.9 Å². The maximum Gasteiger partial charge on any atom is 0.416 e. The maximum absolute atomic E-state index is 14.1. The zero-order chi connectivity index (χ0) is 32.2. The highest BCUT2D eigenvalue weighted by Gasteiger charge is 2.37. The van der Waals surface area contributed by atoms with E-state index in [1.807, 2.05) is 0 Å². The van der Waals surface area contributed by atoms with Crippen molar-refractivity contribution in [2.24, 2.45) is 0 Å². The number of hydrogen-bond acceptors (Lipinski definition) is 4. The fourth-order valence-electron chi connectivity index (χ4n) is 4.92. The maximum atomic E-state index is 14.1. The molecule has 14 heteroatoms. The van der Waals surface area contributed by atoms with E-state index in [0.29, 0.717) is 27.0 Å². The molecule has 1 aliphatic carbocycles. The highest BCUT2D eigenvalue weighted by atomic mass is 35.5. The fourth-order valence-corrected chi connectivity index (χ4v) is 7.11. The minimum Gasteiger partial charge on any atom is -0.352 e. The SMILES string of the molecule is C[C@@H](C(=O)NC1CCCC1)N(Cc1ccc(Cl)cc1Cl)C(=O)CN(c1cc(C(F)(F)F)ccc1Cl)S(=O)(=O)c1ccccc1. The van der Waals surface area contributed by atoms with Crippen molar-refractivity contribution in [3.8, 4) is 0 Å². The average molecular weight is 691 g/mol. The Morgan fingerprint density at radius 1 is 0.955 bits per heavy atom. The molecule has 7 nitrogen and oxygen atoms in total. The van der Waals surface area contributed by atoms with Crippen LogP contribution < -0.4 is 9.62 Å². The van der Waals surface area contributed by atoms with Crippen molar-refractivity contribution in [1.29, 1.82) is 0 Å². The van der Waals surface area contributed by atoms with Gasteiger partial charge in [0.1, 0.15) is 12.6 Å². The smallest absolute Gasteiger partial charge is 0.352 e. The van der Waals surface area contributed by atoms with E-state index in [9.17, 15) is 31.2 Å². The lowest BCUT2D eigenvalue weighted by atomic mass is 10.1. The molecule has 2 amide bonds. The molecule has 3 aromatic carbocycles. The number of alkyl halides is 3. The molecule has 0 spiro atoms. The standard InChI is InChI=1S/C30H29Cl3F3N3O4S/c1-19(29(41)37-23-7-5-6-8-23)38(17-20-11-13-22(31)16-26(20)33)28(40)18-39(44(42,43)24-9-3-2-4-10-24)27-15-21(30(34,35)36)12-14-25(27)32/h2-4,9-16,19,23H,5-8,17-18H2,1H3,(H,37,41)/t19-/m0/s1. The van der Waals surface area contributed by atoms with Crippen molar-refractivity contribution in [2.45, 2.75) is 62.3 Å². The van der Waals surface area contributed by atoms with Crippen LogP contribution in [0.1, 0.15) is 43.7 Å². The van der Waals surface area contributed by atoms with E-state index < -0.39 is 51.9 Å². The highest BCUT2D eigenvalue weighted by Crippen LogP contribution is 2.37. The number of nitrogens with zero attached hydrogens (tertiary/aromatic N) is 2. The fraction of sp³-hybridized carbons (Fsp3) is 0.333. The van der Waals surface area contributed by atoms with Gasteiger partial charge in [-0.3, -0.25) is 13.9 Å². The Balaban J connectivity index is 1.77. The number of rotatable bonds is 10. The Hall–Kier alpha value is -2.99. The van der Waals surface area contributed by atoms with Gasteiger partial charge in [-0.05, 0) is 67.8 Å². The second-order valence-corrected chi connectivity index (χ2v) is 13.5. The van der Waals surface area contributed by atoms with Crippen LogP contribution >= 0.6 is 34.8 Å². The number of carbonyl (C=O) groups excluding carboxylic acids is 2. The van der Waals surface area contributed by atoms with Crippen LogP contribution in [0.5, 0.6) is 0 Å². The van der Waals surface area contributed by atoms with Gasteiger partial charge < -0.3 is 10.2 Å². The summed E-state index contributed by atoms with van der Waals surface area (Å²) in [5.41, 5.74) is -1.29. The second kappa shape index (κ2) is 14.0. The first kappa shape index (κ1) is 33.9. The van der Waals surface area contributed by atoms with E-state index in [1.165, 1.54) is 37.3 Å². The van der Waals surface area contributed by atoms with Crippen LogP contribution in [0, 0.1) is 0 Å². The number of amides is 2. The van der Waals surface area contributed by atoms with E-state index in [4.69, 9.17) is 34.8 Å². The number of carbonyl (C=O) groups is 2. The zero-order valence-electron chi connectivity index (χ0n) is 23.5. The summed E-state index contributed by atoms with van der Waals surface area (Å²) < 4.78 is 69.4. The van der Waals surface area contributed by atoms with Gasteiger partial charge in [0, 0.05) is 22.6 Å². The van der Waals surface area contributed by atoms with Crippen LogP contribution in [0.2, 0.25) is 15.1 Å². The Labute approximate surface area is 268 Å². The van der Waals surface area contributed by atoms with E-state index in [-0.39, 0.29) is 27.5 Å². The molecule has 1 fully saturated rings. The predicted molar refractivity (Wildman–Crippen MR) is 164 cm³/mol. The van der Waals surface area contributed by atoms with Gasteiger partial charge in [0.2, 0.25) is 11.8 Å². The molecule has 0 radical (unpaired) electrons. The van der Waals surface area contributed by atoms with Gasteiger partial charge in [0.25, 0.3) is 10.0 Å². The summed E-state index contributed by atoms with van der Waals surface area (Å²) in [5, 5.41) is 3.14. The molecule has 0 unspecified atom stereocenters. The first-order valence-corrected chi connectivity index (χ1v) is 16.2. The van der Waals surface area contributed by atoms with Gasteiger partial charge in [-0.25, -0.2) is 8.42 Å². The number of nitrogens with one attached hydrogen (secondary N) is 1. The third kappa shape index (κ3) is 7.99. The quantitative estimate of drug-likeness (QED) is 0.241. The van der Waals surface area contributed by atoms with E-state index >= 15 is 0 Å². The molecule has 44 heavy (non-hydrogen) atoms. The van der Waals surface area contributed by atoms with E-state index in [0.717, 1.165) is 36.6 Å². The molecule has 1 saturated carbocycles. The van der Waals surface area contributed by atoms with Gasteiger partial charge in [-0.2, -0.15) is 13.2 Å². The van der Waals surface area contributed by atoms with Crippen LogP contribution in [-0.4, -0.2) is 43.8 Å². The minimum absolute atomic E-state index is 0.0695. The van der Waals surface area contributed by atoms with Crippen LogP contribution in [-0.2, 0) is 32.3 Å². The van der Waals surface area contributed by atoms with Crippen LogP contribution in [0.4, 0.5) is 18.9 Å². The van der Waals surface area contributed by atoms with Crippen molar-refractivity contribution in [1.82, 2.24) is 10.2 Å². The summed E-state index contributed by atoms with van der Waals surface area (Å²) in [6, 6.07) is 12.5. The van der Waals surface area contributed by atoms with Crippen molar-refractivity contribution < 1.29 is 31.2 Å². The minimum atomic E-state index is -4.82. The van der Waals surface area contributed by atoms with E-state index in [1.54, 1.807) is 18.2 Å². The number of anilines is 1. The molecule has 0 aliphatic heterocycles. The summed E-state index contributed by atoms with van der Waals surface area (Å²) in [6.07, 6.45) is -1.35. The number of halogens is 6. The monoisotopic (exact) mass is 689 g/mol. The van der Waals surface area contributed by atoms with Gasteiger partial charge >= 0.3 is 6.18 Å². The first-order valence-electron chi connectivity index (χ1n) is 13.7. The Morgan fingerprint density at radius 3 is 2.23 bits per heavy atom. The topological polar surface area (TPSA) is 86.8 Å². The van der Waals surface area contributed by atoms with Crippen molar-refractivity contribution in [2.75, 3.05) is 10.8 Å². The third-order valence-corrected chi connectivity index (χ3v) is 10.1. The molecule has 0 saturated heterocycles. The zero-order valence-corrected chi connectivity index (χ0v) is 26.5. The molecular formula is C30H29Cl3F3N3O4S. The summed E-state index contributed by atoms with van der Waals surface area (Å²) in [6.45, 7) is 0.299. The summed E-state index contributed by atoms with van der Waals surface area (Å²) >= 11 is 18.7. The largest absolute Gasteiger partial charge is 0.416 e. The molecule has 1 N–H and O–H groups in total. The average Bonchev–Trinajstić information content (AvgIpc) is 3.48. The number of sulfonamides is 1. The molecule has 236 valence electrons. The second-order valence-electron chi connectivity index (χ2n) is 10.4. The lowest BCUT2D eigenvalue weighted by molar-refractivity contribution is -0.139. The summed E-state index contributed by atoms with van der Waals surface area (Å²) in [7, 11) is -4.63. The van der Waals surface area contributed by atoms with Gasteiger partial charge in [-0.15, -0.1) is 0 Å². The van der Waals surface area contributed by atoms with Gasteiger partial charge in [0.05, 0.1) is 21.2 Å². The molecule has 0 bridgehead atoms. The molecule has 1 aliphatic rings. The first-order chi connectivity index (χ1) is 20.7. The third-order valence-electron chi connectivity index (χ3n) is 7.38. The predicted octanol–water partition coefficient (Wildman–Crippen LogP) is 7.34. The molecule has 0 heterocycles. The van der Waals surface area contributed by atoms with Gasteiger partial charge in [-0.1, -0.05) is 71.9 Å². The Bertz CT molecular complexity index is 1620. The molecular weight excluding hydrogens is 662 g/mol. The Morgan fingerprint density at radius 2 is 1.61 bits per heavy atom. The van der Waals surface area contributed by atoms with E-state index in [2.05, 4.69) is 5.32 Å². The molecule has 1 atom stereocenters. The molecule has 4 rings (SSSR count). The molecule has 0 aromatic heterocycles.